The Balaban J connectivity index is 1.64. The van der Waals surface area contributed by atoms with Crippen LogP contribution in [0.2, 0.25) is 0 Å². The van der Waals surface area contributed by atoms with E-state index in [4.69, 9.17) is 14.2 Å². The summed E-state index contributed by atoms with van der Waals surface area (Å²) in [5, 5.41) is 2.74. The number of carbonyl (C=O) groups is 2. The number of fused-ring (bicyclic) bond motifs is 1. The van der Waals surface area contributed by atoms with Crippen LogP contribution in [0.1, 0.15) is 38.3 Å². The fourth-order valence-corrected chi connectivity index (χ4v) is 4.48. The topological polar surface area (TPSA) is 73.9 Å². The first-order chi connectivity index (χ1) is 17.5. The molecule has 8 heteroatoms. The summed E-state index contributed by atoms with van der Waals surface area (Å²) in [5.74, 6) is -1.69. The van der Waals surface area contributed by atoms with E-state index >= 15 is 0 Å². The van der Waals surface area contributed by atoms with Crippen LogP contribution in [-0.2, 0) is 27.1 Å². The first-order valence-corrected chi connectivity index (χ1v) is 11.9. The molecule has 0 aliphatic heterocycles. The van der Waals surface area contributed by atoms with E-state index in [2.05, 4.69) is 5.32 Å². The highest BCUT2D eigenvalue weighted by Crippen LogP contribution is 2.37. The minimum atomic E-state index is -1.30. The Kier molecular flexibility index (Phi) is 7.21. The van der Waals surface area contributed by atoms with Crippen LogP contribution in [0.4, 0.5) is 13.6 Å². The first-order valence-electron chi connectivity index (χ1n) is 11.9. The summed E-state index contributed by atoms with van der Waals surface area (Å²) in [6, 6.07) is 16.2. The molecule has 37 heavy (non-hydrogen) atoms. The third-order valence-corrected chi connectivity index (χ3v) is 6.16. The maximum absolute atomic E-state index is 14.5. The molecule has 3 aromatic carbocycles. The minimum Gasteiger partial charge on any atom is -0.467 e. The van der Waals surface area contributed by atoms with E-state index in [1.54, 1.807) is 57.2 Å². The number of methoxy groups -OCH3 is 1. The Bertz CT molecular complexity index is 1330. The third kappa shape index (κ3) is 5.74. The zero-order valence-electron chi connectivity index (χ0n) is 21.2. The molecule has 0 bridgehead atoms. The van der Waals surface area contributed by atoms with Crippen LogP contribution in [0.15, 0.2) is 60.7 Å². The normalized spacial score (nSPS) is 16.9. The van der Waals surface area contributed by atoms with Crippen LogP contribution in [0.3, 0.4) is 0 Å². The van der Waals surface area contributed by atoms with Gasteiger partial charge in [0.2, 0.25) is 0 Å². The standard InChI is InChI=1S/C29H29F2NO5/c1-28(2,3)37-27(34)32-29(26(33)35-4)15-14-18-12-13-20(16-19(18)17-29)36-24-11-6-5-8-21(24)22-9-7-10-23(30)25(22)31/h5-13,16H,14-15,17H2,1-4H3,(H,32,34). The van der Waals surface area contributed by atoms with Crippen molar-refractivity contribution in [3.8, 4) is 22.6 Å². The zero-order valence-corrected chi connectivity index (χ0v) is 21.2. The van der Waals surface area contributed by atoms with Crippen molar-refractivity contribution in [2.75, 3.05) is 7.11 Å². The van der Waals surface area contributed by atoms with E-state index in [1.165, 1.54) is 19.2 Å². The molecule has 0 saturated carbocycles. The number of alkyl carbamates (subject to hydrolysis) is 1. The molecule has 0 saturated heterocycles. The van der Waals surface area contributed by atoms with E-state index in [0.717, 1.165) is 17.2 Å². The van der Waals surface area contributed by atoms with Crippen molar-refractivity contribution in [1.82, 2.24) is 5.32 Å². The van der Waals surface area contributed by atoms with Crippen molar-refractivity contribution in [1.29, 1.82) is 0 Å². The Hall–Kier alpha value is -3.94. The number of hydrogen-bond donors (Lipinski definition) is 1. The summed E-state index contributed by atoms with van der Waals surface area (Å²) in [6.45, 7) is 5.22. The lowest BCUT2D eigenvalue weighted by atomic mass is 9.78. The van der Waals surface area contributed by atoms with Crippen molar-refractivity contribution < 1.29 is 32.6 Å². The van der Waals surface area contributed by atoms with Gasteiger partial charge in [-0.05, 0) is 69.0 Å². The van der Waals surface area contributed by atoms with Gasteiger partial charge in [0, 0.05) is 17.5 Å². The van der Waals surface area contributed by atoms with Gasteiger partial charge in [-0.1, -0.05) is 36.4 Å². The number of amides is 1. The molecule has 1 unspecified atom stereocenters. The average Bonchev–Trinajstić information content (AvgIpc) is 2.84. The molecule has 3 aromatic rings. The van der Waals surface area contributed by atoms with Crippen molar-refractivity contribution in [2.45, 2.75) is 51.2 Å². The van der Waals surface area contributed by atoms with Crippen LogP contribution in [0.5, 0.6) is 11.5 Å². The van der Waals surface area contributed by atoms with E-state index in [1.807, 2.05) is 6.07 Å². The molecule has 4 rings (SSSR count). The molecule has 1 aliphatic carbocycles. The van der Waals surface area contributed by atoms with Gasteiger partial charge in [0.05, 0.1) is 7.11 Å². The van der Waals surface area contributed by atoms with Gasteiger partial charge in [0.1, 0.15) is 22.6 Å². The number of aryl methyl sites for hydroxylation is 1. The van der Waals surface area contributed by atoms with Gasteiger partial charge in [0.25, 0.3) is 0 Å². The first kappa shape index (κ1) is 26.1. The van der Waals surface area contributed by atoms with E-state index in [0.29, 0.717) is 29.9 Å². The summed E-state index contributed by atoms with van der Waals surface area (Å²) >= 11 is 0. The number of carbonyl (C=O) groups excluding carboxylic acids is 2. The molecule has 1 N–H and O–H groups in total. The largest absolute Gasteiger partial charge is 0.467 e. The number of rotatable bonds is 5. The molecular weight excluding hydrogens is 480 g/mol. The second kappa shape index (κ2) is 10.2. The maximum atomic E-state index is 14.5. The average molecular weight is 510 g/mol. The number of ether oxygens (including phenoxy) is 3. The highest BCUT2D eigenvalue weighted by atomic mass is 19.2. The maximum Gasteiger partial charge on any atom is 0.408 e. The molecule has 0 fully saturated rings. The second-order valence-electron chi connectivity index (χ2n) is 10.0. The molecule has 1 aliphatic rings. The highest BCUT2D eigenvalue weighted by Gasteiger charge is 2.45. The van der Waals surface area contributed by atoms with Crippen LogP contribution >= 0.6 is 0 Å². The second-order valence-corrected chi connectivity index (χ2v) is 10.0. The van der Waals surface area contributed by atoms with Crippen LogP contribution in [0, 0.1) is 11.6 Å². The third-order valence-electron chi connectivity index (χ3n) is 6.16. The lowest BCUT2D eigenvalue weighted by molar-refractivity contribution is -0.149. The van der Waals surface area contributed by atoms with Gasteiger partial charge in [-0.3, -0.25) is 0 Å². The van der Waals surface area contributed by atoms with Gasteiger partial charge >= 0.3 is 12.1 Å². The van der Waals surface area contributed by atoms with Crippen LogP contribution < -0.4 is 10.1 Å². The molecule has 0 heterocycles. The molecule has 0 spiro atoms. The monoisotopic (exact) mass is 509 g/mol. The SMILES string of the molecule is COC(=O)C1(NC(=O)OC(C)(C)C)CCc2ccc(Oc3ccccc3-c3cccc(F)c3F)cc2C1. The minimum absolute atomic E-state index is 0.0832. The van der Waals surface area contributed by atoms with Gasteiger partial charge in [-0.25, -0.2) is 18.4 Å². The lowest BCUT2D eigenvalue weighted by Crippen LogP contribution is -2.59. The molecule has 0 radical (unpaired) electrons. The molecule has 1 amide bonds. The van der Waals surface area contributed by atoms with Crippen LogP contribution in [-0.4, -0.2) is 30.3 Å². The molecule has 194 valence electrons. The Morgan fingerprint density at radius 2 is 1.68 bits per heavy atom. The van der Waals surface area contributed by atoms with Crippen molar-refractivity contribution in [3.63, 3.8) is 0 Å². The number of nitrogens with one attached hydrogen (secondary N) is 1. The lowest BCUT2D eigenvalue weighted by Gasteiger charge is -2.36. The number of halogens is 2. The number of hydrogen-bond acceptors (Lipinski definition) is 5. The highest BCUT2D eigenvalue weighted by molar-refractivity contribution is 5.86. The summed E-state index contributed by atoms with van der Waals surface area (Å²) < 4.78 is 44.9. The van der Waals surface area contributed by atoms with Gasteiger partial charge < -0.3 is 19.5 Å². The quantitative estimate of drug-likeness (QED) is 0.406. The zero-order chi connectivity index (χ0) is 26.8. The summed E-state index contributed by atoms with van der Waals surface area (Å²) in [4.78, 5) is 25.4. The van der Waals surface area contributed by atoms with Gasteiger partial charge in [0.15, 0.2) is 11.6 Å². The summed E-state index contributed by atoms with van der Waals surface area (Å²) in [7, 11) is 1.28. The predicted molar refractivity (Wildman–Crippen MR) is 134 cm³/mol. The van der Waals surface area contributed by atoms with Crippen molar-refractivity contribution >= 4 is 12.1 Å². The molecular formula is C29H29F2NO5. The molecule has 0 aromatic heterocycles. The number of para-hydroxylation sites is 1. The number of benzene rings is 3. The smallest absolute Gasteiger partial charge is 0.408 e. The Morgan fingerprint density at radius 3 is 2.41 bits per heavy atom. The van der Waals surface area contributed by atoms with E-state index in [-0.39, 0.29) is 12.0 Å². The Morgan fingerprint density at radius 1 is 0.946 bits per heavy atom. The molecule has 1 atom stereocenters. The van der Waals surface area contributed by atoms with Gasteiger partial charge in [-0.2, -0.15) is 0 Å². The fourth-order valence-electron chi connectivity index (χ4n) is 4.48. The van der Waals surface area contributed by atoms with E-state index < -0.39 is 34.8 Å². The molecule has 6 nitrogen and oxygen atoms in total. The van der Waals surface area contributed by atoms with Crippen molar-refractivity contribution in [2.24, 2.45) is 0 Å². The summed E-state index contributed by atoms with van der Waals surface area (Å²) in [5.41, 5.74) is 0.240. The van der Waals surface area contributed by atoms with Gasteiger partial charge in [-0.15, -0.1) is 0 Å². The van der Waals surface area contributed by atoms with E-state index in [9.17, 15) is 18.4 Å². The Labute approximate surface area is 214 Å². The van der Waals surface area contributed by atoms with Crippen LogP contribution in [0.25, 0.3) is 11.1 Å². The summed E-state index contributed by atoms with van der Waals surface area (Å²) in [6.07, 6.45) is 0.324. The van der Waals surface area contributed by atoms with Crippen molar-refractivity contribution in [3.05, 3.63) is 83.4 Å². The predicted octanol–water partition coefficient (Wildman–Crippen LogP) is 6.35. The fraction of sp³-hybridized carbons (Fsp3) is 0.310. The number of esters is 1.